The Bertz CT molecular complexity index is 1400. The van der Waals surface area contributed by atoms with E-state index in [1.807, 2.05) is 61.5 Å². The van der Waals surface area contributed by atoms with Crippen LogP contribution >= 0.6 is 23.2 Å². The van der Waals surface area contributed by atoms with Gasteiger partial charge in [-0.15, -0.1) is 0 Å². The number of carbonyl (C=O) groups is 2. The Labute approximate surface area is 283 Å². The number of piperidine rings is 1. The third-order valence-corrected chi connectivity index (χ3v) is 8.59. The SMILES string of the molecule is COCCCc1cc(CN(C(=O)[C@@H]2CCCNC2)C2CC2)cc(C(C)=O)c1.Cc1cc(Cl)c(OCCOc2ccccc2)c(Cl)c1. The van der Waals surface area contributed by atoms with Crippen molar-refractivity contribution in [2.45, 2.75) is 65.0 Å². The number of para-hydroxylation sites is 1. The highest BCUT2D eigenvalue weighted by Crippen LogP contribution is 2.34. The normalized spacial score (nSPS) is 15.8. The maximum absolute atomic E-state index is 13.1. The molecule has 0 bridgehead atoms. The average molecular weight is 670 g/mol. The van der Waals surface area contributed by atoms with Gasteiger partial charge in [0.05, 0.1) is 16.0 Å². The summed E-state index contributed by atoms with van der Waals surface area (Å²) in [6, 6.07) is 19.7. The van der Waals surface area contributed by atoms with Crippen LogP contribution in [0, 0.1) is 12.8 Å². The van der Waals surface area contributed by atoms with E-state index in [1.54, 1.807) is 14.0 Å². The molecule has 0 spiro atoms. The van der Waals surface area contributed by atoms with Gasteiger partial charge in [0.1, 0.15) is 19.0 Å². The summed E-state index contributed by atoms with van der Waals surface area (Å²) in [6.07, 6.45) is 6.04. The summed E-state index contributed by atoms with van der Waals surface area (Å²) in [7, 11) is 1.71. The summed E-state index contributed by atoms with van der Waals surface area (Å²) in [5, 5.41) is 4.39. The predicted octanol–water partition coefficient (Wildman–Crippen LogP) is 7.72. The van der Waals surface area contributed by atoms with E-state index < -0.39 is 0 Å². The molecule has 46 heavy (non-hydrogen) atoms. The lowest BCUT2D eigenvalue weighted by molar-refractivity contribution is -0.137. The van der Waals surface area contributed by atoms with Gasteiger partial charge in [-0.2, -0.15) is 0 Å². The van der Waals surface area contributed by atoms with E-state index in [2.05, 4.69) is 16.3 Å². The Hall–Kier alpha value is -3.10. The van der Waals surface area contributed by atoms with Crippen LogP contribution in [0.5, 0.6) is 11.5 Å². The Morgan fingerprint density at radius 1 is 0.913 bits per heavy atom. The molecule has 1 aliphatic carbocycles. The fourth-order valence-corrected chi connectivity index (χ4v) is 6.24. The molecule has 1 aliphatic heterocycles. The number of Topliss-reactive ketones (excluding diaryl/α,β-unsaturated/α-hetero) is 1. The zero-order valence-electron chi connectivity index (χ0n) is 27.2. The second kappa shape index (κ2) is 18.3. The highest BCUT2D eigenvalue weighted by Gasteiger charge is 2.36. The predicted molar refractivity (Wildman–Crippen MR) is 184 cm³/mol. The van der Waals surface area contributed by atoms with Gasteiger partial charge in [-0.25, -0.2) is 0 Å². The summed E-state index contributed by atoms with van der Waals surface area (Å²) in [4.78, 5) is 27.1. The van der Waals surface area contributed by atoms with E-state index in [1.165, 1.54) is 0 Å². The molecule has 2 fully saturated rings. The fraction of sp³-hybridized carbons (Fsp3) is 0.459. The molecule has 1 amide bonds. The lowest BCUT2D eigenvalue weighted by Gasteiger charge is -2.30. The molecular formula is C37H46Cl2N2O5. The summed E-state index contributed by atoms with van der Waals surface area (Å²) in [6.45, 7) is 7.48. The molecule has 0 radical (unpaired) electrons. The van der Waals surface area contributed by atoms with Crippen molar-refractivity contribution in [1.82, 2.24) is 10.2 Å². The lowest BCUT2D eigenvalue weighted by Crippen LogP contribution is -2.43. The second-order valence-corrected chi connectivity index (χ2v) is 12.8. The average Bonchev–Trinajstić information content (AvgIpc) is 3.89. The lowest BCUT2D eigenvalue weighted by atomic mass is 9.97. The van der Waals surface area contributed by atoms with Crippen LogP contribution < -0.4 is 14.8 Å². The van der Waals surface area contributed by atoms with E-state index in [4.69, 9.17) is 37.4 Å². The van der Waals surface area contributed by atoms with Crippen molar-refractivity contribution in [3.05, 3.63) is 93.0 Å². The van der Waals surface area contributed by atoms with Crippen LogP contribution in [0.15, 0.2) is 60.7 Å². The first-order chi connectivity index (χ1) is 22.2. The van der Waals surface area contributed by atoms with E-state index >= 15 is 0 Å². The Morgan fingerprint density at radius 2 is 1.61 bits per heavy atom. The van der Waals surface area contributed by atoms with Gasteiger partial charge in [0.2, 0.25) is 5.91 Å². The second-order valence-electron chi connectivity index (χ2n) is 12.0. The zero-order chi connectivity index (χ0) is 32.9. The number of nitrogens with zero attached hydrogens (tertiary/aromatic N) is 1. The molecule has 248 valence electrons. The number of rotatable bonds is 14. The van der Waals surface area contributed by atoms with Gasteiger partial charge in [0.25, 0.3) is 0 Å². The van der Waals surface area contributed by atoms with Crippen LogP contribution in [-0.2, 0) is 22.5 Å². The van der Waals surface area contributed by atoms with Crippen LogP contribution in [0.3, 0.4) is 0 Å². The molecule has 7 nitrogen and oxygen atoms in total. The highest BCUT2D eigenvalue weighted by atomic mass is 35.5. The highest BCUT2D eigenvalue weighted by molar-refractivity contribution is 6.37. The Balaban J connectivity index is 0.000000222. The molecule has 1 N–H and O–H groups in total. The Morgan fingerprint density at radius 3 is 2.24 bits per heavy atom. The minimum absolute atomic E-state index is 0.0746. The van der Waals surface area contributed by atoms with Gasteiger partial charge in [0, 0.05) is 38.4 Å². The number of carbonyl (C=O) groups excluding carboxylic acids is 2. The van der Waals surface area contributed by atoms with Gasteiger partial charge in [-0.1, -0.05) is 47.5 Å². The molecule has 2 aliphatic rings. The first kappa shape index (κ1) is 35.7. The Kier molecular flexibility index (Phi) is 14.2. The van der Waals surface area contributed by atoms with Crippen molar-refractivity contribution in [3.8, 4) is 11.5 Å². The number of nitrogens with one attached hydrogen (secondary N) is 1. The van der Waals surface area contributed by atoms with Crippen molar-refractivity contribution in [3.63, 3.8) is 0 Å². The smallest absolute Gasteiger partial charge is 0.227 e. The van der Waals surface area contributed by atoms with Crippen molar-refractivity contribution in [2.24, 2.45) is 5.92 Å². The number of benzene rings is 3. The molecule has 3 aromatic carbocycles. The molecule has 9 heteroatoms. The molecule has 1 saturated heterocycles. The molecule has 3 aromatic rings. The first-order valence-electron chi connectivity index (χ1n) is 16.2. The zero-order valence-corrected chi connectivity index (χ0v) is 28.7. The summed E-state index contributed by atoms with van der Waals surface area (Å²) >= 11 is 12.2. The van der Waals surface area contributed by atoms with Gasteiger partial charge in [-0.05, 0) is 112 Å². The summed E-state index contributed by atoms with van der Waals surface area (Å²) in [5.41, 5.74) is 3.96. The quantitative estimate of drug-likeness (QED) is 0.140. The number of methoxy groups -OCH3 is 1. The number of ketones is 1. The third kappa shape index (κ3) is 11.3. The van der Waals surface area contributed by atoms with Gasteiger partial charge >= 0.3 is 0 Å². The summed E-state index contributed by atoms with van der Waals surface area (Å²) in [5.74, 6) is 1.76. The topological polar surface area (TPSA) is 77.1 Å². The van der Waals surface area contributed by atoms with E-state index in [0.29, 0.717) is 48.2 Å². The molecule has 1 atom stereocenters. The van der Waals surface area contributed by atoms with Crippen molar-refractivity contribution < 1.29 is 23.8 Å². The van der Waals surface area contributed by atoms with Crippen LogP contribution in [-0.4, -0.2) is 62.7 Å². The first-order valence-corrected chi connectivity index (χ1v) is 16.9. The number of hydrogen-bond donors (Lipinski definition) is 1. The minimum atomic E-state index is 0.0746. The maximum Gasteiger partial charge on any atom is 0.227 e. The fourth-order valence-electron chi connectivity index (χ4n) is 5.53. The van der Waals surface area contributed by atoms with Crippen molar-refractivity contribution in [2.75, 3.05) is 40.0 Å². The number of halogens is 2. The minimum Gasteiger partial charge on any atom is -0.490 e. The van der Waals surface area contributed by atoms with Crippen LogP contribution in [0.4, 0.5) is 0 Å². The van der Waals surface area contributed by atoms with E-state index in [-0.39, 0.29) is 17.6 Å². The third-order valence-electron chi connectivity index (χ3n) is 8.03. The van der Waals surface area contributed by atoms with Crippen LogP contribution in [0.25, 0.3) is 0 Å². The standard InChI is InChI=1S/C22H32N2O3.C15H14Cl2O2/c1-16(25)20-12-17(5-4-10-27-2)11-18(13-20)15-24(21-7-8-21)22(26)19-6-3-9-23-14-19;1-11-9-13(16)15(14(17)10-11)19-8-7-18-12-5-3-2-4-6-12/h11-13,19,21,23H,3-10,14-15H2,1-2H3;2-6,9-10H,7-8H2,1H3/t19-;/m1./s1. The van der Waals surface area contributed by atoms with E-state index in [0.717, 1.165) is 79.6 Å². The molecule has 1 saturated carbocycles. The van der Waals surface area contributed by atoms with Crippen LogP contribution in [0.1, 0.15) is 66.1 Å². The monoisotopic (exact) mass is 668 g/mol. The molecule has 0 unspecified atom stereocenters. The molecular weight excluding hydrogens is 623 g/mol. The largest absolute Gasteiger partial charge is 0.490 e. The molecule has 0 aromatic heterocycles. The van der Waals surface area contributed by atoms with Gasteiger partial charge in [-0.3, -0.25) is 9.59 Å². The molecule has 1 heterocycles. The van der Waals surface area contributed by atoms with Gasteiger partial charge < -0.3 is 24.4 Å². The van der Waals surface area contributed by atoms with E-state index in [9.17, 15) is 9.59 Å². The number of aryl methyl sites for hydroxylation is 2. The summed E-state index contributed by atoms with van der Waals surface area (Å²) < 4.78 is 16.2. The molecule has 5 rings (SSSR count). The number of ether oxygens (including phenoxy) is 3. The number of amides is 1. The van der Waals surface area contributed by atoms with Crippen molar-refractivity contribution in [1.29, 1.82) is 0 Å². The maximum atomic E-state index is 13.1. The van der Waals surface area contributed by atoms with Crippen LogP contribution in [0.2, 0.25) is 10.0 Å². The van der Waals surface area contributed by atoms with Crippen molar-refractivity contribution >= 4 is 34.9 Å². The number of hydrogen-bond acceptors (Lipinski definition) is 6. The van der Waals surface area contributed by atoms with Gasteiger partial charge in [0.15, 0.2) is 11.5 Å².